The Morgan fingerprint density at radius 1 is 1.56 bits per heavy atom. The van der Waals surface area contributed by atoms with Crippen LogP contribution in [0.3, 0.4) is 0 Å². The summed E-state index contributed by atoms with van der Waals surface area (Å²) in [5, 5.41) is 17.2. The van der Waals surface area contributed by atoms with Crippen molar-refractivity contribution in [2.75, 3.05) is 19.8 Å². The fourth-order valence-corrected chi connectivity index (χ4v) is 1.77. The maximum absolute atomic E-state index is 9.09. The number of hydrogen-bond acceptors (Lipinski definition) is 5. The summed E-state index contributed by atoms with van der Waals surface area (Å²) in [6.45, 7) is 3.78. The molecule has 0 aromatic carbocycles. The highest BCUT2D eigenvalue weighted by atomic mass is 16.5. The van der Waals surface area contributed by atoms with Crippen LogP contribution in [-0.4, -0.2) is 35.1 Å². The number of aliphatic hydroxyl groups is 1. The van der Waals surface area contributed by atoms with Crippen molar-refractivity contribution in [1.82, 2.24) is 10.2 Å². The van der Waals surface area contributed by atoms with Crippen LogP contribution in [0.25, 0.3) is 0 Å². The maximum atomic E-state index is 9.09. The molecule has 1 atom stereocenters. The third-order valence-corrected chi connectivity index (χ3v) is 2.65. The first kappa shape index (κ1) is 11.3. The van der Waals surface area contributed by atoms with Gasteiger partial charge in [-0.3, -0.25) is 0 Å². The Labute approximate surface area is 94.4 Å². The second kappa shape index (κ2) is 5.23. The zero-order chi connectivity index (χ0) is 11.4. The molecule has 1 N–H and O–H groups in total. The van der Waals surface area contributed by atoms with Crippen molar-refractivity contribution in [1.29, 1.82) is 0 Å². The smallest absolute Gasteiger partial charge is 0.146 e. The molecule has 1 aromatic rings. The number of aliphatic hydroxyl groups excluding tert-OH is 1. The molecule has 0 aliphatic carbocycles. The number of rotatable bonds is 4. The van der Waals surface area contributed by atoms with Gasteiger partial charge in [-0.2, -0.15) is 5.10 Å². The number of hydrogen-bond donors (Lipinski definition) is 1. The Balaban J connectivity index is 2.23. The first-order chi connectivity index (χ1) is 7.85. The molecule has 0 saturated carbocycles. The number of aromatic nitrogens is 2. The van der Waals surface area contributed by atoms with Gasteiger partial charge in [-0.15, -0.1) is 5.10 Å². The second-order valence-electron chi connectivity index (χ2n) is 3.73. The first-order valence-corrected chi connectivity index (χ1v) is 5.53. The molecule has 1 aliphatic rings. The fraction of sp³-hybridized carbons (Fsp3) is 0.636. The van der Waals surface area contributed by atoms with Crippen LogP contribution in [0.15, 0.2) is 6.07 Å². The molecular formula is C11H16N2O3. The Morgan fingerprint density at radius 3 is 3.06 bits per heavy atom. The van der Waals surface area contributed by atoms with Gasteiger partial charge < -0.3 is 14.6 Å². The van der Waals surface area contributed by atoms with Crippen LogP contribution in [0.1, 0.15) is 30.7 Å². The largest absolute Gasteiger partial charge is 0.492 e. The van der Waals surface area contributed by atoms with Crippen LogP contribution >= 0.6 is 0 Å². The molecule has 0 bridgehead atoms. The molecular weight excluding hydrogens is 208 g/mol. The molecule has 1 saturated heterocycles. The zero-order valence-corrected chi connectivity index (χ0v) is 9.35. The number of ether oxygens (including phenoxy) is 2. The Hall–Kier alpha value is -1.20. The van der Waals surface area contributed by atoms with E-state index in [9.17, 15) is 0 Å². The van der Waals surface area contributed by atoms with Gasteiger partial charge in [0.25, 0.3) is 0 Å². The van der Waals surface area contributed by atoms with Gasteiger partial charge in [-0.05, 0) is 13.3 Å². The van der Waals surface area contributed by atoms with Gasteiger partial charge in [0.05, 0.1) is 25.5 Å². The Morgan fingerprint density at radius 2 is 2.44 bits per heavy atom. The summed E-state index contributed by atoms with van der Waals surface area (Å²) >= 11 is 0. The van der Waals surface area contributed by atoms with E-state index in [1.165, 1.54) is 0 Å². The van der Waals surface area contributed by atoms with E-state index in [1.54, 1.807) is 0 Å². The van der Waals surface area contributed by atoms with Crippen LogP contribution in [0.4, 0.5) is 0 Å². The fourth-order valence-electron chi connectivity index (χ4n) is 1.77. The third kappa shape index (κ3) is 2.31. The second-order valence-corrected chi connectivity index (χ2v) is 3.73. The van der Waals surface area contributed by atoms with Crippen LogP contribution in [0, 0.1) is 0 Å². The van der Waals surface area contributed by atoms with Gasteiger partial charge in [-0.1, -0.05) is 0 Å². The monoisotopic (exact) mass is 224 g/mol. The SMILES string of the molecule is CCOc1cc(C2CCOC2)nnc1CO. The standard InChI is InChI=1S/C11H16N2O3/c1-2-16-11-5-9(8-3-4-15-7-8)12-13-10(11)6-14/h5,8,14H,2-4,6-7H2,1H3. The summed E-state index contributed by atoms with van der Waals surface area (Å²) in [5.74, 6) is 0.932. The number of nitrogens with zero attached hydrogens (tertiary/aromatic N) is 2. The lowest BCUT2D eigenvalue weighted by atomic mass is 10.0. The average Bonchev–Trinajstić information content (AvgIpc) is 2.83. The van der Waals surface area contributed by atoms with Gasteiger partial charge in [0.1, 0.15) is 11.4 Å². The molecule has 2 rings (SSSR count). The van der Waals surface area contributed by atoms with Gasteiger partial charge in [0.15, 0.2) is 0 Å². The predicted molar refractivity (Wildman–Crippen MR) is 57.3 cm³/mol. The molecule has 2 heterocycles. The van der Waals surface area contributed by atoms with Crippen molar-refractivity contribution in [2.24, 2.45) is 0 Å². The van der Waals surface area contributed by atoms with Gasteiger partial charge in [0.2, 0.25) is 0 Å². The summed E-state index contributed by atoms with van der Waals surface area (Å²) < 4.78 is 10.7. The first-order valence-electron chi connectivity index (χ1n) is 5.53. The summed E-state index contributed by atoms with van der Waals surface area (Å²) in [6, 6.07) is 1.86. The van der Waals surface area contributed by atoms with E-state index < -0.39 is 0 Å². The molecule has 5 heteroatoms. The van der Waals surface area contributed by atoms with Gasteiger partial charge in [0, 0.05) is 18.6 Å². The average molecular weight is 224 g/mol. The van der Waals surface area contributed by atoms with Crippen molar-refractivity contribution in [3.05, 3.63) is 17.5 Å². The van der Waals surface area contributed by atoms with E-state index in [2.05, 4.69) is 10.2 Å². The summed E-state index contributed by atoms with van der Waals surface area (Å²) in [6.07, 6.45) is 0.971. The van der Waals surface area contributed by atoms with Crippen LogP contribution < -0.4 is 4.74 Å². The lowest BCUT2D eigenvalue weighted by Gasteiger charge is -2.11. The Bertz CT molecular complexity index is 351. The molecule has 88 valence electrons. The molecule has 0 radical (unpaired) electrons. The topological polar surface area (TPSA) is 64.5 Å². The zero-order valence-electron chi connectivity index (χ0n) is 9.35. The minimum absolute atomic E-state index is 0.149. The van der Waals surface area contributed by atoms with E-state index in [0.29, 0.717) is 30.6 Å². The molecule has 1 aliphatic heterocycles. The van der Waals surface area contributed by atoms with Crippen molar-refractivity contribution in [3.63, 3.8) is 0 Å². The van der Waals surface area contributed by atoms with Crippen molar-refractivity contribution in [3.8, 4) is 5.75 Å². The van der Waals surface area contributed by atoms with Gasteiger partial charge in [-0.25, -0.2) is 0 Å². The minimum atomic E-state index is -0.149. The normalized spacial score (nSPS) is 20.0. The van der Waals surface area contributed by atoms with E-state index in [1.807, 2.05) is 13.0 Å². The molecule has 1 aromatic heterocycles. The van der Waals surface area contributed by atoms with Crippen LogP contribution in [-0.2, 0) is 11.3 Å². The quantitative estimate of drug-likeness (QED) is 0.822. The summed E-state index contributed by atoms with van der Waals surface area (Å²) in [4.78, 5) is 0. The molecule has 1 fully saturated rings. The molecule has 1 unspecified atom stereocenters. The van der Waals surface area contributed by atoms with E-state index in [-0.39, 0.29) is 6.61 Å². The highest BCUT2D eigenvalue weighted by Crippen LogP contribution is 2.26. The highest BCUT2D eigenvalue weighted by Gasteiger charge is 2.21. The summed E-state index contributed by atoms with van der Waals surface area (Å²) in [5.41, 5.74) is 1.38. The van der Waals surface area contributed by atoms with E-state index in [4.69, 9.17) is 14.6 Å². The van der Waals surface area contributed by atoms with Gasteiger partial charge >= 0.3 is 0 Å². The van der Waals surface area contributed by atoms with Crippen LogP contribution in [0.2, 0.25) is 0 Å². The van der Waals surface area contributed by atoms with Crippen molar-refractivity contribution in [2.45, 2.75) is 25.9 Å². The van der Waals surface area contributed by atoms with E-state index in [0.717, 1.165) is 18.7 Å². The molecule has 0 amide bonds. The minimum Gasteiger partial charge on any atom is -0.492 e. The lowest BCUT2D eigenvalue weighted by Crippen LogP contribution is -2.07. The lowest BCUT2D eigenvalue weighted by molar-refractivity contribution is 0.193. The van der Waals surface area contributed by atoms with E-state index >= 15 is 0 Å². The molecule has 5 nitrogen and oxygen atoms in total. The maximum Gasteiger partial charge on any atom is 0.146 e. The predicted octanol–water partition coefficient (Wildman–Crippen LogP) is 0.871. The molecule has 0 spiro atoms. The van der Waals surface area contributed by atoms with Crippen molar-refractivity contribution < 1.29 is 14.6 Å². The van der Waals surface area contributed by atoms with Crippen molar-refractivity contribution >= 4 is 0 Å². The Kier molecular flexibility index (Phi) is 3.69. The van der Waals surface area contributed by atoms with Crippen LogP contribution in [0.5, 0.6) is 5.75 Å². The summed E-state index contributed by atoms with van der Waals surface area (Å²) in [7, 11) is 0. The highest BCUT2D eigenvalue weighted by molar-refractivity contribution is 5.29. The molecule has 16 heavy (non-hydrogen) atoms. The third-order valence-electron chi connectivity index (χ3n) is 2.65.